The molecular weight excluding hydrogens is 190 g/mol. The van der Waals surface area contributed by atoms with E-state index in [0.29, 0.717) is 12.3 Å². The maximum atomic E-state index is 11.1. The quantitative estimate of drug-likeness (QED) is 0.348. The minimum absolute atomic E-state index is 0.0306. The zero-order chi connectivity index (χ0) is 10.1. The van der Waals surface area contributed by atoms with Gasteiger partial charge in [-0.1, -0.05) is 13.8 Å². The molecule has 6 heteroatoms. The van der Waals surface area contributed by atoms with E-state index in [0.717, 1.165) is 0 Å². The number of carbonyl (C=O) groups excluding carboxylic acids is 1. The number of rotatable bonds is 1. The Hall–Kier alpha value is -1.17. The Morgan fingerprint density at radius 3 is 2.77 bits per heavy atom. The molecule has 0 aromatic rings. The van der Waals surface area contributed by atoms with Crippen LogP contribution >= 0.6 is 12.2 Å². The van der Waals surface area contributed by atoms with Gasteiger partial charge in [0.1, 0.15) is 6.61 Å². The predicted octanol–water partition coefficient (Wildman–Crippen LogP) is -0.241. The summed E-state index contributed by atoms with van der Waals surface area (Å²) in [6.07, 6.45) is 0. The molecule has 0 amide bonds. The van der Waals surface area contributed by atoms with Gasteiger partial charge in [-0.05, 0) is 12.2 Å². The number of thiocarbonyl (C=S) groups is 1. The van der Waals surface area contributed by atoms with Gasteiger partial charge in [-0.2, -0.15) is 5.10 Å². The molecule has 13 heavy (non-hydrogen) atoms. The molecule has 0 aromatic heterocycles. The van der Waals surface area contributed by atoms with Gasteiger partial charge in [-0.15, -0.1) is 0 Å². The van der Waals surface area contributed by atoms with E-state index in [4.69, 9.17) is 10.5 Å². The summed E-state index contributed by atoms with van der Waals surface area (Å²) in [4.78, 5) is 11.1. The highest BCUT2D eigenvalue weighted by Gasteiger charge is 2.39. The maximum absolute atomic E-state index is 11.1. The Kier molecular flexibility index (Phi) is 2.51. The van der Waals surface area contributed by atoms with Crippen LogP contribution in [0.25, 0.3) is 0 Å². The number of esters is 1. The number of nitrogens with one attached hydrogen (secondary N) is 1. The van der Waals surface area contributed by atoms with Crippen molar-refractivity contribution in [2.45, 2.75) is 13.8 Å². The molecule has 3 N–H and O–H groups in total. The number of carbonyl (C=O) groups is 1. The second-order valence-electron chi connectivity index (χ2n) is 3.40. The van der Waals surface area contributed by atoms with Gasteiger partial charge in [0.15, 0.2) is 10.8 Å². The average molecular weight is 201 g/mol. The molecule has 0 aliphatic carbocycles. The van der Waals surface area contributed by atoms with Crippen molar-refractivity contribution in [2.75, 3.05) is 6.61 Å². The lowest BCUT2D eigenvalue weighted by Gasteiger charge is -2.12. The van der Waals surface area contributed by atoms with Crippen LogP contribution in [0.1, 0.15) is 13.8 Å². The summed E-state index contributed by atoms with van der Waals surface area (Å²) >= 11 is 4.55. The number of cyclic esters (lactones) is 1. The molecule has 0 spiro atoms. The highest BCUT2D eigenvalue weighted by Crippen LogP contribution is 2.24. The first-order valence-corrected chi connectivity index (χ1v) is 4.15. The van der Waals surface area contributed by atoms with E-state index in [1.807, 2.05) is 13.8 Å². The summed E-state index contributed by atoms with van der Waals surface area (Å²) < 4.78 is 4.82. The van der Waals surface area contributed by atoms with Gasteiger partial charge in [-0.3, -0.25) is 5.43 Å². The second-order valence-corrected chi connectivity index (χ2v) is 3.84. The first-order valence-electron chi connectivity index (χ1n) is 3.74. The summed E-state index contributed by atoms with van der Waals surface area (Å²) in [5, 5.41) is 3.81. The second kappa shape index (κ2) is 3.29. The fourth-order valence-electron chi connectivity index (χ4n) is 0.967. The van der Waals surface area contributed by atoms with Crippen molar-refractivity contribution >= 4 is 29.0 Å². The molecule has 0 saturated carbocycles. The molecule has 1 saturated heterocycles. The van der Waals surface area contributed by atoms with Crippen molar-refractivity contribution in [3.8, 4) is 0 Å². The van der Waals surface area contributed by atoms with Crippen LogP contribution in [-0.2, 0) is 9.53 Å². The van der Waals surface area contributed by atoms with Crippen LogP contribution in [-0.4, -0.2) is 23.4 Å². The Bertz CT molecular complexity index is 285. The van der Waals surface area contributed by atoms with E-state index in [1.165, 1.54) is 0 Å². The Labute approximate surface area is 81.3 Å². The minimum Gasteiger partial charge on any atom is -0.460 e. The van der Waals surface area contributed by atoms with Crippen LogP contribution in [0, 0.1) is 5.41 Å². The van der Waals surface area contributed by atoms with Crippen LogP contribution in [0.2, 0.25) is 0 Å². The van der Waals surface area contributed by atoms with Crippen LogP contribution in [0.3, 0.4) is 0 Å². The Balaban J connectivity index is 2.81. The Morgan fingerprint density at radius 2 is 2.38 bits per heavy atom. The molecule has 0 unspecified atom stereocenters. The summed E-state index contributed by atoms with van der Waals surface area (Å²) in [6.45, 7) is 4.06. The molecule has 0 atom stereocenters. The highest BCUT2D eigenvalue weighted by molar-refractivity contribution is 7.80. The number of hydrazone groups is 1. The molecule has 0 bridgehead atoms. The third kappa shape index (κ3) is 2.15. The molecular formula is C7H11N3O2S. The first-order chi connectivity index (χ1) is 5.93. The smallest absolute Gasteiger partial charge is 0.355 e. The summed E-state index contributed by atoms with van der Waals surface area (Å²) in [6, 6.07) is 0. The number of nitrogens with two attached hydrogens (primary N) is 1. The van der Waals surface area contributed by atoms with Crippen LogP contribution in [0.5, 0.6) is 0 Å². The van der Waals surface area contributed by atoms with Gasteiger partial charge < -0.3 is 10.5 Å². The molecule has 0 radical (unpaired) electrons. The largest absolute Gasteiger partial charge is 0.460 e. The molecule has 72 valence electrons. The van der Waals surface area contributed by atoms with Crippen molar-refractivity contribution in [2.24, 2.45) is 16.3 Å². The third-order valence-electron chi connectivity index (χ3n) is 1.68. The summed E-state index contributed by atoms with van der Waals surface area (Å²) in [5.74, 6) is -0.422. The molecule has 1 rings (SSSR count). The van der Waals surface area contributed by atoms with E-state index in [1.54, 1.807) is 0 Å². The van der Waals surface area contributed by atoms with Gasteiger partial charge in [0.25, 0.3) is 0 Å². The van der Waals surface area contributed by atoms with Crippen LogP contribution < -0.4 is 11.2 Å². The number of nitrogens with zero attached hydrogens (tertiary/aromatic N) is 1. The molecule has 1 fully saturated rings. The minimum atomic E-state index is -0.422. The van der Waals surface area contributed by atoms with Crippen molar-refractivity contribution in [3.63, 3.8) is 0 Å². The molecule has 5 nitrogen and oxygen atoms in total. The monoisotopic (exact) mass is 201 g/mol. The average Bonchev–Trinajstić information content (AvgIpc) is 2.23. The van der Waals surface area contributed by atoms with E-state index < -0.39 is 5.97 Å². The van der Waals surface area contributed by atoms with E-state index in [9.17, 15) is 4.79 Å². The maximum Gasteiger partial charge on any atom is 0.355 e. The fourth-order valence-corrected chi connectivity index (χ4v) is 1.01. The number of hydrogen-bond acceptors (Lipinski definition) is 4. The van der Waals surface area contributed by atoms with Crippen molar-refractivity contribution < 1.29 is 9.53 Å². The van der Waals surface area contributed by atoms with Crippen LogP contribution in [0.15, 0.2) is 5.10 Å². The van der Waals surface area contributed by atoms with Gasteiger partial charge in [0.2, 0.25) is 0 Å². The van der Waals surface area contributed by atoms with Gasteiger partial charge >= 0.3 is 5.97 Å². The standard InChI is InChI=1S/C7H11N3O2S/c1-7(2)3-12-5(11)4(7)9-10-6(8)13/h3H2,1-2H3,(H3,8,10,13)/b9-4+. The Morgan fingerprint density at radius 1 is 1.77 bits per heavy atom. The lowest BCUT2D eigenvalue weighted by atomic mass is 9.91. The topological polar surface area (TPSA) is 76.7 Å². The van der Waals surface area contributed by atoms with Crippen molar-refractivity contribution in [1.82, 2.24) is 5.43 Å². The third-order valence-corrected chi connectivity index (χ3v) is 1.77. The van der Waals surface area contributed by atoms with E-state index in [-0.39, 0.29) is 10.5 Å². The lowest BCUT2D eigenvalue weighted by molar-refractivity contribution is -0.133. The first kappa shape index (κ1) is 9.91. The summed E-state index contributed by atoms with van der Waals surface area (Å²) in [7, 11) is 0. The van der Waals surface area contributed by atoms with Gasteiger partial charge in [-0.25, -0.2) is 4.79 Å². The van der Waals surface area contributed by atoms with Crippen LogP contribution in [0.4, 0.5) is 0 Å². The molecule has 1 aliphatic rings. The van der Waals surface area contributed by atoms with Crippen molar-refractivity contribution in [1.29, 1.82) is 0 Å². The SMILES string of the molecule is CC1(C)COC(=O)/C1=N\NC(N)=S. The van der Waals surface area contributed by atoms with Gasteiger partial charge in [0, 0.05) is 0 Å². The van der Waals surface area contributed by atoms with E-state index in [2.05, 4.69) is 22.7 Å². The van der Waals surface area contributed by atoms with Gasteiger partial charge in [0.05, 0.1) is 5.41 Å². The van der Waals surface area contributed by atoms with Crippen molar-refractivity contribution in [3.05, 3.63) is 0 Å². The highest BCUT2D eigenvalue weighted by atomic mass is 32.1. The molecule has 0 aromatic carbocycles. The number of hydrogen-bond donors (Lipinski definition) is 2. The summed E-state index contributed by atoms with van der Waals surface area (Å²) in [5.41, 5.74) is 7.48. The molecule has 1 heterocycles. The normalized spacial score (nSPS) is 22.9. The molecule has 1 aliphatic heterocycles. The fraction of sp³-hybridized carbons (Fsp3) is 0.571. The lowest BCUT2D eigenvalue weighted by Crippen LogP contribution is -2.31. The zero-order valence-corrected chi connectivity index (χ0v) is 8.27. The zero-order valence-electron chi connectivity index (χ0n) is 7.46. The predicted molar refractivity (Wildman–Crippen MR) is 52.1 cm³/mol. The van der Waals surface area contributed by atoms with E-state index >= 15 is 0 Å². The number of ether oxygens (including phenoxy) is 1.